The standard InChI is InChI=1S/C17H17N3O3S2/c1-23-14-4-2-3-12(7-14)9-18-15(21)11-24-10-13-8-16(22)20-5-6-25-17(20)19-13/h2-8H,9-11H2,1H3,(H,18,21). The molecule has 1 amide bonds. The molecular weight excluding hydrogens is 358 g/mol. The summed E-state index contributed by atoms with van der Waals surface area (Å²) in [5, 5.41) is 4.70. The third kappa shape index (κ3) is 4.61. The van der Waals surface area contributed by atoms with E-state index in [0.29, 0.717) is 28.7 Å². The Morgan fingerprint density at radius 3 is 3.12 bits per heavy atom. The van der Waals surface area contributed by atoms with Crippen molar-refractivity contribution in [3.63, 3.8) is 0 Å². The molecule has 0 radical (unpaired) electrons. The number of carbonyl (C=O) groups is 1. The van der Waals surface area contributed by atoms with E-state index in [1.165, 1.54) is 33.6 Å². The second-order valence-corrected chi connectivity index (χ2v) is 7.12. The number of hydrogen-bond acceptors (Lipinski definition) is 6. The van der Waals surface area contributed by atoms with Crippen molar-refractivity contribution in [1.82, 2.24) is 14.7 Å². The summed E-state index contributed by atoms with van der Waals surface area (Å²) in [6, 6.07) is 9.09. The van der Waals surface area contributed by atoms with Gasteiger partial charge < -0.3 is 10.1 Å². The van der Waals surface area contributed by atoms with Gasteiger partial charge in [0.1, 0.15) is 5.75 Å². The highest BCUT2D eigenvalue weighted by atomic mass is 32.2. The fourth-order valence-electron chi connectivity index (χ4n) is 2.24. The maximum atomic E-state index is 12.0. The van der Waals surface area contributed by atoms with Gasteiger partial charge in [-0.2, -0.15) is 0 Å². The Bertz CT molecular complexity index is 936. The van der Waals surface area contributed by atoms with Gasteiger partial charge >= 0.3 is 0 Å². The highest BCUT2D eigenvalue weighted by Crippen LogP contribution is 2.13. The van der Waals surface area contributed by atoms with Crippen LogP contribution in [0.25, 0.3) is 4.96 Å². The van der Waals surface area contributed by atoms with Crippen molar-refractivity contribution in [2.45, 2.75) is 12.3 Å². The zero-order valence-electron chi connectivity index (χ0n) is 13.6. The molecule has 0 fully saturated rings. The van der Waals surface area contributed by atoms with E-state index in [4.69, 9.17) is 4.74 Å². The Kier molecular flexibility index (Phi) is 5.72. The summed E-state index contributed by atoms with van der Waals surface area (Å²) in [7, 11) is 1.61. The Morgan fingerprint density at radius 1 is 1.40 bits per heavy atom. The van der Waals surface area contributed by atoms with Gasteiger partial charge in [-0.05, 0) is 17.7 Å². The Labute approximate surface area is 152 Å². The van der Waals surface area contributed by atoms with Gasteiger partial charge in [-0.25, -0.2) is 4.98 Å². The smallest absolute Gasteiger partial charge is 0.258 e. The first-order valence-electron chi connectivity index (χ1n) is 7.59. The first kappa shape index (κ1) is 17.5. The first-order valence-corrected chi connectivity index (χ1v) is 9.62. The number of thiazole rings is 1. The van der Waals surface area contributed by atoms with Crippen LogP contribution in [0.4, 0.5) is 0 Å². The number of hydrogen-bond donors (Lipinski definition) is 1. The summed E-state index contributed by atoms with van der Waals surface area (Å²) < 4.78 is 6.67. The predicted octanol–water partition coefficient (Wildman–Crippen LogP) is 2.31. The van der Waals surface area contributed by atoms with E-state index in [-0.39, 0.29) is 11.5 Å². The van der Waals surface area contributed by atoms with Gasteiger partial charge in [0.2, 0.25) is 5.91 Å². The Hall–Kier alpha value is -2.32. The molecule has 0 aliphatic carbocycles. The molecule has 0 unspecified atom stereocenters. The average molecular weight is 375 g/mol. The molecule has 0 aliphatic heterocycles. The van der Waals surface area contributed by atoms with Gasteiger partial charge in [0.25, 0.3) is 5.56 Å². The number of nitrogens with zero attached hydrogens (tertiary/aromatic N) is 2. The number of benzene rings is 1. The fraction of sp³-hybridized carbons (Fsp3) is 0.235. The van der Waals surface area contributed by atoms with Crippen LogP contribution in [0.2, 0.25) is 0 Å². The normalized spacial score (nSPS) is 10.8. The third-order valence-electron chi connectivity index (χ3n) is 3.46. The van der Waals surface area contributed by atoms with Gasteiger partial charge in [-0.1, -0.05) is 12.1 Å². The second kappa shape index (κ2) is 8.17. The lowest BCUT2D eigenvalue weighted by atomic mass is 10.2. The van der Waals surface area contributed by atoms with Gasteiger partial charge in [0, 0.05) is 29.9 Å². The number of amides is 1. The van der Waals surface area contributed by atoms with E-state index in [2.05, 4.69) is 10.3 Å². The summed E-state index contributed by atoms with van der Waals surface area (Å²) in [4.78, 5) is 28.9. The van der Waals surface area contributed by atoms with Crippen LogP contribution in [0.3, 0.4) is 0 Å². The zero-order valence-corrected chi connectivity index (χ0v) is 15.2. The summed E-state index contributed by atoms with van der Waals surface area (Å²) in [6.45, 7) is 0.456. The quantitative estimate of drug-likeness (QED) is 0.686. The number of aromatic nitrogens is 2. The molecular formula is C17H17N3O3S2. The van der Waals surface area contributed by atoms with E-state index in [1.807, 2.05) is 29.6 Å². The third-order valence-corrected chi connectivity index (χ3v) is 5.19. The number of nitrogens with one attached hydrogen (secondary N) is 1. The van der Waals surface area contributed by atoms with Crippen molar-refractivity contribution in [3.05, 3.63) is 63.5 Å². The molecule has 8 heteroatoms. The monoisotopic (exact) mass is 375 g/mol. The molecule has 25 heavy (non-hydrogen) atoms. The maximum Gasteiger partial charge on any atom is 0.258 e. The highest BCUT2D eigenvalue weighted by molar-refractivity contribution is 7.99. The summed E-state index contributed by atoms with van der Waals surface area (Å²) in [5.41, 5.74) is 1.58. The van der Waals surface area contributed by atoms with Crippen molar-refractivity contribution < 1.29 is 9.53 Å². The van der Waals surface area contributed by atoms with Crippen LogP contribution in [0.1, 0.15) is 11.3 Å². The molecule has 3 aromatic rings. The van der Waals surface area contributed by atoms with E-state index in [0.717, 1.165) is 11.3 Å². The van der Waals surface area contributed by atoms with Crippen molar-refractivity contribution >= 4 is 34.0 Å². The molecule has 2 aromatic heterocycles. The molecule has 0 atom stereocenters. The number of rotatable bonds is 7. The van der Waals surface area contributed by atoms with Gasteiger partial charge in [0.15, 0.2) is 4.96 Å². The predicted molar refractivity (Wildman–Crippen MR) is 100 cm³/mol. The van der Waals surface area contributed by atoms with Crippen LogP contribution in [0.5, 0.6) is 5.75 Å². The summed E-state index contributed by atoms with van der Waals surface area (Å²) >= 11 is 2.85. The molecule has 0 saturated carbocycles. The molecule has 130 valence electrons. The van der Waals surface area contributed by atoms with Crippen LogP contribution in [0.15, 0.2) is 46.7 Å². The van der Waals surface area contributed by atoms with Crippen LogP contribution >= 0.6 is 23.1 Å². The number of carbonyl (C=O) groups excluding carboxylic acids is 1. The van der Waals surface area contributed by atoms with Crippen LogP contribution < -0.4 is 15.6 Å². The fourth-order valence-corrected chi connectivity index (χ4v) is 3.73. The van der Waals surface area contributed by atoms with Crippen molar-refractivity contribution in [2.75, 3.05) is 12.9 Å². The van der Waals surface area contributed by atoms with Gasteiger partial charge in [-0.15, -0.1) is 23.1 Å². The highest BCUT2D eigenvalue weighted by Gasteiger charge is 2.06. The molecule has 2 heterocycles. The summed E-state index contributed by atoms with van der Waals surface area (Å²) in [5.74, 6) is 1.55. The minimum absolute atomic E-state index is 0.0539. The lowest BCUT2D eigenvalue weighted by Gasteiger charge is -2.07. The minimum Gasteiger partial charge on any atom is -0.497 e. The first-order chi connectivity index (χ1) is 12.2. The molecule has 0 spiro atoms. The van der Waals surface area contributed by atoms with Crippen molar-refractivity contribution in [2.24, 2.45) is 0 Å². The molecule has 6 nitrogen and oxygen atoms in total. The lowest BCUT2D eigenvalue weighted by Crippen LogP contribution is -2.24. The lowest BCUT2D eigenvalue weighted by molar-refractivity contribution is -0.118. The van der Waals surface area contributed by atoms with Crippen molar-refractivity contribution in [1.29, 1.82) is 0 Å². The maximum absolute atomic E-state index is 12.0. The largest absolute Gasteiger partial charge is 0.497 e. The second-order valence-electron chi connectivity index (χ2n) is 5.26. The number of fused-ring (bicyclic) bond motifs is 1. The SMILES string of the molecule is COc1cccc(CNC(=O)CSCc2cc(=O)n3ccsc3n2)c1. The Balaban J connectivity index is 1.47. The van der Waals surface area contributed by atoms with Gasteiger partial charge in [0.05, 0.1) is 18.6 Å². The van der Waals surface area contributed by atoms with Crippen LogP contribution in [-0.2, 0) is 17.1 Å². The molecule has 0 aliphatic rings. The molecule has 1 aromatic carbocycles. The summed E-state index contributed by atoms with van der Waals surface area (Å²) in [6.07, 6.45) is 1.71. The van der Waals surface area contributed by atoms with E-state index < -0.39 is 0 Å². The Morgan fingerprint density at radius 2 is 2.28 bits per heavy atom. The number of thioether (sulfide) groups is 1. The van der Waals surface area contributed by atoms with E-state index in [1.54, 1.807) is 13.3 Å². The number of ether oxygens (including phenoxy) is 1. The topological polar surface area (TPSA) is 72.7 Å². The van der Waals surface area contributed by atoms with E-state index >= 15 is 0 Å². The molecule has 0 bridgehead atoms. The van der Waals surface area contributed by atoms with Crippen LogP contribution in [0, 0.1) is 0 Å². The van der Waals surface area contributed by atoms with Crippen molar-refractivity contribution in [3.8, 4) is 5.75 Å². The van der Waals surface area contributed by atoms with Gasteiger partial charge in [-0.3, -0.25) is 14.0 Å². The number of methoxy groups -OCH3 is 1. The van der Waals surface area contributed by atoms with E-state index in [9.17, 15) is 9.59 Å². The molecule has 1 N–H and O–H groups in total. The molecule has 3 rings (SSSR count). The molecule has 0 saturated heterocycles. The minimum atomic E-state index is -0.0932. The zero-order chi connectivity index (χ0) is 17.6. The average Bonchev–Trinajstić information content (AvgIpc) is 3.09. The van der Waals surface area contributed by atoms with Crippen LogP contribution in [-0.4, -0.2) is 28.2 Å².